The molecule has 0 aromatic carbocycles. The quantitative estimate of drug-likeness (QED) is 0.736. The van der Waals surface area contributed by atoms with E-state index >= 15 is 0 Å². The Hall–Kier alpha value is 0.400. The van der Waals surface area contributed by atoms with Crippen molar-refractivity contribution in [3.8, 4) is 0 Å². The summed E-state index contributed by atoms with van der Waals surface area (Å²) in [4.78, 5) is 0. The lowest BCUT2D eigenvalue weighted by atomic mass is 10.2. The van der Waals surface area contributed by atoms with Crippen LogP contribution in [-0.2, 0) is 4.74 Å². The smallest absolute Gasteiger partial charge is 0.0700 e. The third kappa shape index (κ3) is 3.87. The van der Waals surface area contributed by atoms with Gasteiger partial charge in [-0.15, -0.1) is 0 Å². The molecule has 2 atom stereocenters. The monoisotopic (exact) mass is 235 g/mol. The summed E-state index contributed by atoms with van der Waals surface area (Å²) in [6.07, 6.45) is 4.13. The lowest BCUT2D eigenvalue weighted by molar-refractivity contribution is 0.108. The molecule has 0 aromatic rings. The minimum atomic E-state index is 0.475. The molecular weight excluding hydrogens is 218 g/mol. The van der Waals surface area contributed by atoms with Crippen LogP contribution >= 0.6 is 15.9 Å². The zero-order valence-electron chi connectivity index (χ0n) is 7.68. The molecule has 0 aromatic heterocycles. The fourth-order valence-electron chi connectivity index (χ4n) is 1.40. The summed E-state index contributed by atoms with van der Waals surface area (Å²) in [6.45, 7) is 4.20. The second-order valence-electron chi connectivity index (χ2n) is 3.42. The molecule has 0 radical (unpaired) electrons. The number of nitrogens with one attached hydrogen (secondary N) is 1. The minimum Gasteiger partial charge on any atom is -0.377 e. The SMILES string of the molecule is CC(CCBr)NCC1CCCO1. The van der Waals surface area contributed by atoms with Gasteiger partial charge in [-0.05, 0) is 26.2 Å². The van der Waals surface area contributed by atoms with Crippen molar-refractivity contribution in [3.63, 3.8) is 0 Å². The normalized spacial score (nSPS) is 26.0. The van der Waals surface area contributed by atoms with E-state index in [9.17, 15) is 0 Å². The first-order valence-electron chi connectivity index (χ1n) is 4.74. The molecule has 1 saturated heterocycles. The number of alkyl halides is 1. The molecule has 1 rings (SSSR count). The second-order valence-corrected chi connectivity index (χ2v) is 4.21. The lowest BCUT2D eigenvalue weighted by Crippen LogP contribution is -2.33. The molecule has 2 nitrogen and oxygen atoms in total. The van der Waals surface area contributed by atoms with Gasteiger partial charge < -0.3 is 10.1 Å². The van der Waals surface area contributed by atoms with Gasteiger partial charge in [-0.3, -0.25) is 0 Å². The molecule has 0 saturated carbocycles. The summed E-state index contributed by atoms with van der Waals surface area (Å²) in [5, 5.41) is 4.55. The highest BCUT2D eigenvalue weighted by Crippen LogP contribution is 2.10. The van der Waals surface area contributed by atoms with Gasteiger partial charge in [0, 0.05) is 24.5 Å². The standard InChI is InChI=1S/C9H18BrNO/c1-8(4-5-10)11-7-9-3-2-6-12-9/h8-9,11H,2-7H2,1H3. The highest BCUT2D eigenvalue weighted by molar-refractivity contribution is 9.09. The summed E-state index contributed by atoms with van der Waals surface area (Å²) in [5.41, 5.74) is 0. The molecule has 1 aliphatic rings. The molecule has 3 heteroatoms. The molecule has 12 heavy (non-hydrogen) atoms. The van der Waals surface area contributed by atoms with E-state index in [2.05, 4.69) is 28.2 Å². The van der Waals surface area contributed by atoms with Gasteiger partial charge in [0.05, 0.1) is 6.10 Å². The molecule has 2 unspecified atom stereocenters. The van der Waals surface area contributed by atoms with Gasteiger partial charge in [0.15, 0.2) is 0 Å². The maximum atomic E-state index is 5.51. The fraction of sp³-hybridized carbons (Fsp3) is 1.00. The largest absolute Gasteiger partial charge is 0.377 e. The zero-order valence-corrected chi connectivity index (χ0v) is 9.27. The summed E-state index contributed by atoms with van der Waals surface area (Å²) in [6, 6.07) is 0.605. The Morgan fingerprint density at radius 2 is 2.50 bits per heavy atom. The average Bonchev–Trinajstić information content (AvgIpc) is 2.53. The van der Waals surface area contributed by atoms with Crippen molar-refractivity contribution in [2.45, 2.75) is 38.3 Å². The van der Waals surface area contributed by atoms with Crippen LogP contribution in [0.15, 0.2) is 0 Å². The van der Waals surface area contributed by atoms with Gasteiger partial charge in [-0.2, -0.15) is 0 Å². The van der Waals surface area contributed by atoms with Gasteiger partial charge in [-0.1, -0.05) is 15.9 Å². The van der Waals surface area contributed by atoms with E-state index in [1.54, 1.807) is 0 Å². The fourth-order valence-corrected chi connectivity index (χ4v) is 2.09. The first kappa shape index (κ1) is 10.5. The van der Waals surface area contributed by atoms with Crippen molar-refractivity contribution < 1.29 is 4.74 Å². The number of rotatable bonds is 5. The molecule has 1 aliphatic heterocycles. The Morgan fingerprint density at radius 1 is 1.67 bits per heavy atom. The zero-order chi connectivity index (χ0) is 8.81. The van der Waals surface area contributed by atoms with Gasteiger partial charge in [0.1, 0.15) is 0 Å². The molecule has 1 fully saturated rings. The van der Waals surface area contributed by atoms with Crippen molar-refractivity contribution in [1.82, 2.24) is 5.32 Å². The van der Waals surface area contributed by atoms with Crippen LogP contribution in [-0.4, -0.2) is 30.6 Å². The number of hydrogen-bond acceptors (Lipinski definition) is 2. The molecule has 1 N–H and O–H groups in total. The van der Waals surface area contributed by atoms with Crippen LogP contribution < -0.4 is 5.32 Å². The summed E-state index contributed by atoms with van der Waals surface area (Å²) < 4.78 is 5.51. The Balaban J connectivity index is 1.99. The van der Waals surface area contributed by atoms with Crippen molar-refractivity contribution in [3.05, 3.63) is 0 Å². The van der Waals surface area contributed by atoms with E-state index in [1.807, 2.05) is 0 Å². The predicted molar refractivity (Wildman–Crippen MR) is 54.8 cm³/mol. The maximum absolute atomic E-state index is 5.51. The number of hydrogen-bond donors (Lipinski definition) is 1. The third-order valence-corrected chi connectivity index (χ3v) is 2.72. The average molecular weight is 236 g/mol. The number of ether oxygens (including phenoxy) is 1. The number of halogens is 1. The molecule has 0 aliphatic carbocycles. The summed E-state index contributed by atoms with van der Waals surface area (Å²) >= 11 is 3.43. The van der Waals surface area contributed by atoms with Crippen LogP contribution in [0.1, 0.15) is 26.2 Å². The van der Waals surface area contributed by atoms with Crippen molar-refractivity contribution >= 4 is 15.9 Å². The van der Waals surface area contributed by atoms with E-state index in [0.717, 1.165) is 18.5 Å². The van der Waals surface area contributed by atoms with Crippen molar-refractivity contribution in [2.75, 3.05) is 18.5 Å². The van der Waals surface area contributed by atoms with E-state index < -0.39 is 0 Å². The van der Waals surface area contributed by atoms with Crippen LogP contribution in [0.4, 0.5) is 0 Å². The molecule has 72 valence electrons. The van der Waals surface area contributed by atoms with Gasteiger partial charge in [0.2, 0.25) is 0 Å². The predicted octanol–water partition coefficient (Wildman–Crippen LogP) is 1.93. The Morgan fingerprint density at radius 3 is 3.08 bits per heavy atom. The van der Waals surface area contributed by atoms with Gasteiger partial charge >= 0.3 is 0 Å². The second kappa shape index (κ2) is 5.95. The third-order valence-electron chi connectivity index (χ3n) is 2.26. The first-order chi connectivity index (χ1) is 5.83. The molecule has 0 amide bonds. The lowest BCUT2D eigenvalue weighted by Gasteiger charge is -2.15. The molecular formula is C9H18BrNO. The minimum absolute atomic E-state index is 0.475. The highest BCUT2D eigenvalue weighted by atomic mass is 79.9. The van der Waals surface area contributed by atoms with Crippen LogP contribution in [0.5, 0.6) is 0 Å². The first-order valence-corrected chi connectivity index (χ1v) is 5.86. The highest BCUT2D eigenvalue weighted by Gasteiger charge is 2.15. The van der Waals surface area contributed by atoms with E-state index in [0.29, 0.717) is 12.1 Å². The molecule has 0 bridgehead atoms. The van der Waals surface area contributed by atoms with Crippen molar-refractivity contribution in [2.24, 2.45) is 0 Å². The van der Waals surface area contributed by atoms with Gasteiger partial charge in [-0.25, -0.2) is 0 Å². The van der Waals surface area contributed by atoms with Crippen LogP contribution in [0.3, 0.4) is 0 Å². The van der Waals surface area contributed by atoms with E-state index in [4.69, 9.17) is 4.74 Å². The van der Waals surface area contributed by atoms with Crippen LogP contribution in [0.2, 0.25) is 0 Å². The Kier molecular flexibility index (Phi) is 5.19. The topological polar surface area (TPSA) is 21.3 Å². The molecule has 0 spiro atoms. The Labute approximate surface area is 83.2 Å². The maximum Gasteiger partial charge on any atom is 0.0700 e. The van der Waals surface area contributed by atoms with E-state index in [1.165, 1.54) is 19.3 Å². The van der Waals surface area contributed by atoms with E-state index in [-0.39, 0.29) is 0 Å². The Bertz CT molecular complexity index is 115. The summed E-state index contributed by atoms with van der Waals surface area (Å²) in [7, 11) is 0. The van der Waals surface area contributed by atoms with Gasteiger partial charge in [0.25, 0.3) is 0 Å². The molecule has 1 heterocycles. The van der Waals surface area contributed by atoms with Crippen LogP contribution in [0, 0.1) is 0 Å². The summed E-state index contributed by atoms with van der Waals surface area (Å²) in [5.74, 6) is 0. The van der Waals surface area contributed by atoms with Crippen molar-refractivity contribution in [1.29, 1.82) is 0 Å². The van der Waals surface area contributed by atoms with Crippen LogP contribution in [0.25, 0.3) is 0 Å².